The fourth-order valence-electron chi connectivity index (χ4n) is 4.61. The van der Waals surface area contributed by atoms with E-state index in [0.29, 0.717) is 22.4 Å². The number of benzene rings is 2. The summed E-state index contributed by atoms with van der Waals surface area (Å²) >= 11 is 0. The highest BCUT2D eigenvalue weighted by Gasteiger charge is 2.33. The Hall–Kier alpha value is -4.61. The molecule has 0 atom stereocenters. The monoisotopic (exact) mass is 612 g/mol. The molecule has 1 aliphatic carbocycles. The molecule has 2 amide bonds. The highest BCUT2D eigenvalue weighted by Crippen LogP contribution is 2.35. The average molecular weight is 613 g/mol. The third kappa shape index (κ3) is 7.47. The van der Waals surface area contributed by atoms with Gasteiger partial charge in [-0.25, -0.2) is 14.2 Å². The van der Waals surface area contributed by atoms with Crippen LogP contribution < -0.4 is 15.0 Å². The number of pyridine rings is 1. The van der Waals surface area contributed by atoms with Gasteiger partial charge in [-0.3, -0.25) is 14.1 Å². The minimum Gasteiger partial charge on any atom is -0.456 e. The molecule has 2 aromatic heterocycles. The van der Waals surface area contributed by atoms with E-state index in [2.05, 4.69) is 10.3 Å². The van der Waals surface area contributed by atoms with Crippen molar-refractivity contribution in [2.45, 2.75) is 64.8 Å². The number of nitrogens with one attached hydrogen (secondary N) is 1. The van der Waals surface area contributed by atoms with E-state index < -0.39 is 36.7 Å². The quantitative estimate of drug-likeness (QED) is 0.205. The minimum absolute atomic E-state index is 0.000747. The van der Waals surface area contributed by atoms with Gasteiger partial charge in [0.2, 0.25) is 0 Å². The minimum atomic E-state index is -4.56. The predicted molar refractivity (Wildman–Crippen MR) is 157 cm³/mol. The number of rotatable bonds is 8. The maximum absolute atomic E-state index is 13.9. The summed E-state index contributed by atoms with van der Waals surface area (Å²) in [5, 5.41) is 2.97. The van der Waals surface area contributed by atoms with Crippen molar-refractivity contribution in [2.75, 3.05) is 11.4 Å². The first-order valence-corrected chi connectivity index (χ1v) is 14.1. The van der Waals surface area contributed by atoms with E-state index in [-0.39, 0.29) is 34.8 Å². The Morgan fingerprint density at radius 2 is 1.82 bits per heavy atom. The molecule has 1 fully saturated rings. The molecule has 8 nitrogen and oxygen atoms in total. The van der Waals surface area contributed by atoms with E-state index in [4.69, 9.17) is 9.47 Å². The Labute approximate surface area is 251 Å². The zero-order chi connectivity index (χ0) is 31.8. The van der Waals surface area contributed by atoms with E-state index in [1.807, 2.05) is 0 Å². The fourth-order valence-corrected chi connectivity index (χ4v) is 4.61. The van der Waals surface area contributed by atoms with Crippen LogP contribution in [0.4, 0.5) is 28.0 Å². The van der Waals surface area contributed by atoms with Crippen LogP contribution in [0, 0.1) is 12.7 Å². The van der Waals surface area contributed by atoms with Gasteiger partial charge in [0.25, 0.3) is 5.91 Å². The maximum Gasteiger partial charge on any atom is 0.414 e. The summed E-state index contributed by atoms with van der Waals surface area (Å²) in [6.45, 7) is 5.88. The second-order valence-electron chi connectivity index (χ2n) is 11.7. The number of halogens is 4. The van der Waals surface area contributed by atoms with Crippen LogP contribution in [-0.4, -0.2) is 45.7 Å². The number of hydrogen-bond acceptors (Lipinski definition) is 5. The highest BCUT2D eigenvalue weighted by atomic mass is 19.4. The van der Waals surface area contributed by atoms with Crippen LogP contribution in [0.2, 0.25) is 0 Å². The largest absolute Gasteiger partial charge is 0.456 e. The Morgan fingerprint density at radius 1 is 1.07 bits per heavy atom. The lowest BCUT2D eigenvalue weighted by molar-refractivity contribution is -0.132. The molecule has 2 heterocycles. The summed E-state index contributed by atoms with van der Waals surface area (Å²) < 4.78 is 67.1. The molecule has 44 heavy (non-hydrogen) atoms. The number of aryl methyl sites for hydroxylation is 1. The van der Waals surface area contributed by atoms with Gasteiger partial charge in [0, 0.05) is 35.8 Å². The van der Waals surface area contributed by atoms with Gasteiger partial charge in [0.1, 0.15) is 22.9 Å². The van der Waals surface area contributed by atoms with Crippen molar-refractivity contribution in [1.82, 2.24) is 14.7 Å². The number of carbonyl (C=O) groups excluding carboxylic acids is 2. The van der Waals surface area contributed by atoms with E-state index in [0.717, 1.165) is 23.8 Å². The number of ether oxygens (including phenoxy) is 2. The summed E-state index contributed by atoms with van der Waals surface area (Å²) in [5.74, 6) is -0.470. The van der Waals surface area contributed by atoms with Crippen LogP contribution in [-0.2, 0) is 4.74 Å². The average Bonchev–Trinajstić information content (AvgIpc) is 3.62. The molecule has 4 aromatic rings. The van der Waals surface area contributed by atoms with Gasteiger partial charge >= 0.3 is 12.3 Å². The molecule has 0 unspecified atom stereocenters. The number of carbonyl (C=O) groups is 2. The lowest BCUT2D eigenvalue weighted by Crippen LogP contribution is -2.39. The Kier molecular flexibility index (Phi) is 8.28. The first-order valence-electron chi connectivity index (χ1n) is 14.1. The topological polar surface area (TPSA) is 85.2 Å². The third-order valence-corrected chi connectivity index (χ3v) is 6.80. The van der Waals surface area contributed by atoms with Crippen molar-refractivity contribution >= 4 is 23.3 Å². The van der Waals surface area contributed by atoms with E-state index in [1.165, 1.54) is 30.5 Å². The molecule has 1 aliphatic rings. The van der Waals surface area contributed by atoms with Crippen LogP contribution >= 0.6 is 0 Å². The predicted octanol–water partition coefficient (Wildman–Crippen LogP) is 7.83. The summed E-state index contributed by atoms with van der Waals surface area (Å²) in [4.78, 5) is 31.3. The third-order valence-electron chi connectivity index (χ3n) is 6.80. The first-order chi connectivity index (χ1) is 20.7. The van der Waals surface area contributed by atoms with Crippen LogP contribution in [0.15, 0.2) is 60.9 Å². The summed E-state index contributed by atoms with van der Waals surface area (Å²) in [6.07, 6.45) is -1.89. The highest BCUT2D eigenvalue weighted by molar-refractivity contribution is 5.97. The molecular weight excluding hydrogens is 580 g/mol. The number of amides is 2. The van der Waals surface area contributed by atoms with Gasteiger partial charge < -0.3 is 14.8 Å². The number of alkyl halides is 3. The molecule has 2 aromatic carbocycles. The first kappa shape index (κ1) is 30.8. The summed E-state index contributed by atoms with van der Waals surface area (Å²) in [7, 11) is 0. The van der Waals surface area contributed by atoms with Crippen molar-refractivity contribution in [3.05, 3.63) is 77.9 Å². The number of hydrogen-bond donors (Lipinski definition) is 1. The molecule has 0 radical (unpaired) electrons. The Bertz CT molecular complexity index is 1710. The fraction of sp³-hybridized carbons (Fsp3) is 0.344. The van der Waals surface area contributed by atoms with Crippen LogP contribution in [0.5, 0.6) is 11.5 Å². The zero-order valence-corrected chi connectivity index (χ0v) is 24.7. The molecule has 0 bridgehead atoms. The van der Waals surface area contributed by atoms with Crippen molar-refractivity contribution in [2.24, 2.45) is 0 Å². The standard InChI is InChI=1S/C32H32F4N4O4/c1-19-14-20(8-11-25(19)29(41)38-22-9-10-22)27-17-37-28-26(39(13-12-32(34,35)36)30(42)44-31(2,3)4)16-24(18-40(27)28)43-23-7-5-6-21(33)15-23/h5-8,11,14-18,22H,9-10,12-13H2,1-4H3,(H,38,41). The van der Waals surface area contributed by atoms with Gasteiger partial charge in [-0.2, -0.15) is 13.2 Å². The normalized spacial score (nSPS) is 13.5. The number of fused-ring (bicyclic) bond motifs is 1. The SMILES string of the molecule is Cc1cc(-c2cnc3c(N(CCC(F)(F)F)C(=O)OC(C)(C)C)cc(Oc4cccc(F)c4)cn23)ccc1C(=O)NC1CC1. The molecule has 12 heteroatoms. The van der Waals surface area contributed by atoms with Crippen LogP contribution in [0.25, 0.3) is 16.9 Å². The smallest absolute Gasteiger partial charge is 0.414 e. The van der Waals surface area contributed by atoms with Crippen molar-refractivity contribution < 1.29 is 36.6 Å². The van der Waals surface area contributed by atoms with Gasteiger partial charge in [-0.1, -0.05) is 12.1 Å². The second-order valence-corrected chi connectivity index (χ2v) is 11.7. The molecule has 5 rings (SSSR count). The van der Waals surface area contributed by atoms with E-state index in [1.54, 1.807) is 56.5 Å². The van der Waals surface area contributed by atoms with E-state index >= 15 is 0 Å². The second kappa shape index (κ2) is 11.8. The van der Waals surface area contributed by atoms with Gasteiger partial charge in [0.05, 0.1) is 30.2 Å². The van der Waals surface area contributed by atoms with Crippen LogP contribution in [0.1, 0.15) is 56.0 Å². The van der Waals surface area contributed by atoms with Gasteiger partial charge in [0.15, 0.2) is 5.65 Å². The molecule has 0 aliphatic heterocycles. The molecule has 1 saturated carbocycles. The number of aromatic nitrogens is 2. The molecule has 232 valence electrons. The van der Waals surface area contributed by atoms with E-state index in [9.17, 15) is 27.2 Å². The van der Waals surface area contributed by atoms with Crippen LogP contribution in [0.3, 0.4) is 0 Å². The van der Waals surface area contributed by atoms with Gasteiger partial charge in [-0.15, -0.1) is 0 Å². The van der Waals surface area contributed by atoms with Crippen molar-refractivity contribution in [3.63, 3.8) is 0 Å². The number of anilines is 1. The Morgan fingerprint density at radius 3 is 2.45 bits per heavy atom. The molecular formula is C32H32F4N4O4. The lowest BCUT2D eigenvalue weighted by atomic mass is 10.0. The number of nitrogens with zero attached hydrogens (tertiary/aromatic N) is 3. The molecule has 0 spiro atoms. The molecule has 0 saturated heterocycles. The number of imidazole rings is 1. The molecule has 1 N–H and O–H groups in total. The zero-order valence-electron chi connectivity index (χ0n) is 24.7. The Balaban J connectivity index is 1.62. The van der Waals surface area contributed by atoms with Crippen molar-refractivity contribution in [3.8, 4) is 22.8 Å². The van der Waals surface area contributed by atoms with Crippen molar-refractivity contribution in [1.29, 1.82) is 0 Å². The lowest BCUT2D eigenvalue weighted by Gasteiger charge is -2.28. The summed E-state index contributed by atoms with van der Waals surface area (Å²) in [5.41, 5.74) is 1.57. The van der Waals surface area contributed by atoms with Gasteiger partial charge in [-0.05, 0) is 70.4 Å². The summed E-state index contributed by atoms with van der Waals surface area (Å²) in [6, 6.07) is 12.2. The maximum atomic E-state index is 13.9.